The van der Waals surface area contributed by atoms with Gasteiger partial charge in [0.05, 0.1) is 25.3 Å². The summed E-state index contributed by atoms with van der Waals surface area (Å²) in [4.78, 5) is 22.6. The Bertz CT molecular complexity index is 689. The summed E-state index contributed by atoms with van der Waals surface area (Å²) in [6.45, 7) is 1.90. The minimum Gasteiger partial charge on any atom is -0.495 e. The molecule has 0 radical (unpaired) electrons. The monoisotopic (exact) mass is 284 g/mol. The first-order chi connectivity index (χ1) is 10.1. The van der Waals surface area contributed by atoms with Crippen LogP contribution in [0.3, 0.4) is 0 Å². The summed E-state index contributed by atoms with van der Waals surface area (Å²) in [5.74, 6) is 0.152. The van der Waals surface area contributed by atoms with Gasteiger partial charge >= 0.3 is 5.97 Å². The molecule has 0 heterocycles. The fourth-order valence-electron chi connectivity index (χ4n) is 2.30. The Labute approximate surface area is 123 Å². The third-order valence-corrected chi connectivity index (χ3v) is 3.31. The summed E-state index contributed by atoms with van der Waals surface area (Å²) < 4.78 is 10.1. The Balaban J connectivity index is 2.57. The van der Waals surface area contributed by atoms with Crippen LogP contribution in [-0.4, -0.2) is 26.5 Å². The van der Waals surface area contributed by atoms with Gasteiger partial charge in [0.2, 0.25) is 0 Å². The summed E-state index contributed by atoms with van der Waals surface area (Å²) in [5.41, 5.74) is 3.61. The van der Waals surface area contributed by atoms with Gasteiger partial charge in [-0.1, -0.05) is 18.2 Å². The van der Waals surface area contributed by atoms with Crippen LogP contribution in [0.15, 0.2) is 36.4 Å². The summed E-state index contributed by atoms with van der Waals surface area (Å²) in [6, 6.07) is 10.7. The molecule has 2 aromatic carbocycles. The Morgan fingerprint density at radius 1 is 1.10 bits per heavy atom. The van der Waals surface area contributed by atoms with Gasteiger partial charge in [-0.15, -0.1) is 0 Å². The van der Waals surface area contributed by atoms with E-state index in [1.165, 1.54) is 14.2 Å². The zero-order chi connectivity index (χ0) is 15.4. The van der Waals surface area contributed by atoms with Crippen LogP contribution in [0.5, 0.6) is 5.75 Å². The molecular weight excluding hydrogens is 268 g/mol. The normalized spacial score (nSPS) is 10.0. The molecular formula is C17H16O4. The number of aryl methyl sites for hydroxylation is 1. The van der Waals surface area contributed by atoms with Crippen molar-refractivity contribution in [1.82, 2.24) is 0 Å². The molecule has 0 aromatic heterocycles. The van der Waals surface area contributed by atoms with Crippen LogP contribution in [0, 0.1) is 6.92 Å². The third kappa shape index (κ3) is 2.79. The van der Waals surface area contributed by atoms with Crippen molar-refractivity contribution in [2.75, 3.05) is 14.2 Å². The molecule has 4 nitrogen and oxygen atoms in total. The van der Waals surface area contributed by atoms with E-state index in [0.29, 0.717) is 16.9 Å². The van der Waals surface area contributed by atoms with Gasteiger partial charge in [0.25, 0.3) is 0 Å². The van der Waals surface area contributed by atoms with E-state index in [1.807, 2.05) is 19.1 Å². The van der Waals surface area contributed by atoms with E-state index in [4.69, 9.17) is 9.47 Å². The van der Waals surface area contributed by atoms with Crippen molar-refractivity contribution < 1.29 is 19.1 Å². The van der Waals surface area contributed by atoms with Gasteiger partial charge in [-0.3, -0.25) is 4.79 Å². The van der Waals surface area contributed by atoms with Crippen LogP contribution in [-0.2, 0) is 4.74 Å². The van der Waals surface area contributed by atoms with E-state index in [-0.39, 0.29) is 5.97 Å². The van der Waals surface area contributed by atoms with E-state index < -0.39 is 0 Å². The minimum atomic E-state index is -0.377. The molecule has 2 rings (SSSR count). The van der Waals surface area contributed by atoms with E-state index in [1.54, 1.807) is 24.3 Å². The molecule has 0 unspecified atom stereocenters. The maximum atomic E-state index is 11.5. The van der Waals surface area contributed by atoms with Gasteiger partial charge in [-0.05, 0) is 36.2 Å². The lowest BCUT2D eigenvalue weighted by Gasteiger charge is -2.13. The second-order valence-electron chi connectivity index (χ2n) is 4.57. The minimum absolute atomic E-state index is 0.377. The Kier molecular flexibility index (Phi) is 4.38. The maximum absolute atomic E-state index is 11.5. The van der Waals surface area contributed by atoms with Crippen LogP contribution in [0.4, 0.5) is 0 Å². The van der Waals surface area contributed by atoms with Crippen molar-refractivity contribution in [2.24, 2.45) is 0 Å². The number of aldehydes is 1. The van der Waals surface area contributed by atoms with Crippen molar-refractivity contribution in [3.63, 3.8) is 0 Å². The lowest BCUT2D eigenvalue weighted by atomic mass is 9.96. The smallest absolute Gasteiger partial charge is 0.337 e. The van der Waals surface area contributed by atoms with E-state index >= 15 is 0 Å². The maximum Gasteiger partial charge on any atom is 0.337 e. The zero-order valence-corrected chi connectivity index (χ0v) is 12.2. The van der Waals surface area contributed by atoms with Gasteiger partial charge in [-0.2, -0.15) is 0 Å². The topological polar surface area (TPSA) is 52.6 Å². The molecule has 0 saturated carbocycles. The molecule has 0 saturated heterocycles. The number of para-hydroxylation sites is 1. The zero-order valence-electron chi connectivity index (χ0n) is 12.2. The molecule has 0 N–H and O–H groups in total. The highest BCUT2D eigenvalue weighted by molar-refractivity contribution is 5.92. The number of esters is 1. The number of carbonyl (C=O) groups is 2. The molecule has 0 bridgehead atoms. The average molecular weight is 284 g/mol. The lowest BCUT2D eigenvalue weighted by molar-refractivity contribution is 0.0600. The van der Waals surface area contributed by atoms with E-state index in [9.17, 15) is 9.59 Å². The van der Waals surface area contributed by atoms with Crippen LogP contribution < -0.4 is 4.74 Å². The largest absolute Gasteiger partial charge is 0.495 e. The fraction of sp³-hybridized carbons (Fsp3) is 0.176. The van der Waals surface area contributed by atoms with Gasteiger partial charge in [-0.25, -0.2) is 4.79 Å². The van der Waals surface area contributed by atoms with E-state index in [0.717, 1.165) is 23.0 Å². The van der Waals surface area contributed by atoms with Gasteiger partial charge in [0.15, 0.2) is 6.29 Å². The number of ether oxygens (including phenoxy) is 2. The molecule has 0 aliphatic heterocycles. The predicted octanol–water partition coefficient (Wildman–Crippen LogP) is 3.27. The molecule has 0 aliphatic carbocycles. The molecule has 0 amide bonds. The first-order valence-electron chi connectivity index (χ1n) is 6.44. The highest BCUT2D eigenvalue weighted by atomic mass is 16.5. The van der Waals surface area contributed by atoms with Crippen molar-refractivity contribution in [3.05, 3.63) is 53.1 Å². The summed E-state index contributed by atoms with van der Waals surface area (Å²) in [5, 5.41) is 0. The molecule has 4 heteroatoms. The summed E-state index contributed by atoms with van der Waals surface area (Å²) in [7, 11) is 2.88. The Morgan fingerprint density at radius 3 is 2.43 bits per heavy atom. The number of carbonyl (C=O) groups excluding carboxylic acids is 2. The molecule has 0 atom stereocenters. The predicted molar refractivity (Wildman–Crippen MR) is 79.9 cm³/mol. The van der Waals surface area contributed by atoms with E-state index in [2.05, 4.69) is 0 Å². The van der Waals surface area contributed by atoms with Crippen LogP contribution in [0.25, 0.3) is 11.1 Å². The SMILES string of the molecule is COC(=O)c1ccc(-c2cccc(C=O)c2OC)c(C)c1. The molecule has 21 heavy (non-hydrogen) atoms. The van der Waals surface area contributed by atoms with Gasteiger partial charge < -0.3 is 9.47 Å². The number of benzene rings is 2. The Hall–Kier alpha value is -2.62. The number of hydrogen-bond acceptors (Lipinski definition) is 4. The summed E-state index contributed by atoms with van der Waals surface area (Å²) in [6.07, 6.45) is 0.764. The number of hydrogen-bond donors (Lipinski definition) is 0. The van der Waals surface area contributed by atoms with Crippen molar-refractivity contribution >= 4 is 12.3 Å². The van der Waals surface area contributed by atoms with Gasteiger partial charge in [0, 0.05) is 5.56 Å². The molecule has 108 valence electrons. The first kappa shape index (κ1) is 14.8. The van der Waals surface area contributed by atoms with Crippen molar-refractivity contribution in [1.29, 1.82) is 0 Å². The molecule has 2 aromatic rings. The quantitative estimate of drug-likeness (QED) is 0.638. The number of rotatable bonds is 4. The lowest BCUT2D eigenvalue weighted by Crippen LogP contribution is -2.02. The van der Waals surface area contributed by atoms with Gasteiger partial charge in [0.1, 0.15) is 5.75 Å². The van der Waals surface area contributed by atoms with Crippen LogP contribution >= 0.6 is 0 Å². The average Bonchev–Trinajstić information content (AvgIpc) is 2.53. The third-order valence-electron chi connectivity index (χ3n) is 3.31. The summed E-state index contributed by atoms with van der Waals surface area (Å²) >= 11 is 0. The second kappa shape index (κ2) is 6.22. The second-order valence-corrected chi connectivity index (χ2v) is 4.57. The highest BCUT2D eigenvalue weighted by Gasteiger charge is 2.14. The highest BCUT2D eigenvalue weighted by Crippen LogP contribution is 2.34. The Morgan fingerprint density at radius 2 is 1.86 bits per heavy atom. The van der Waals surface area contributed by atoms with Crippen LogP contribution in [0.2, 0.25) is 0 Å². The van der Waals surface area contributed by atoms with Crippen molar-refractivity contribution in [2.45, 2.75) is 6.92 Å². The number of methoxy groups -OCH3 is 2. The molecule has 0 aliphatic rings. The first-order valence-corrected chi connectivity index (χ1v) is 6.44. The van der Waals surface area contributed by atoms with Crippen molar-refractivity contribution in [3.8, 4) is 16.9 Å². The molecule has 0 spiro atoms. The standard InChI is InChI=1S/C17H16O4/c1-11-9-12(17(19)21-3)7-8-14(11)15-6-4-5-13(10-18)16(15)20-2/h4-10H,1-3H3. The molecule has 0 fully saturated rings. The fourth-order valence-corrected chi connectivity index (χ4v) is 2.30. The van der Waals surface area contributed by atoms with Crippen LogP contribution in [0.1, 0.15) is 26.3 Å².